The zero-order chi connectivity index (χ0) is 15.5. The lowest BCUT2D eigenvalue weighted by Crippen LogP contribution is -2.41. The number of aromatic nitrogens is 2. The summed E-state index contributed by atoms with van der Waals surface area (Å²) in [6.45, 7) is 3.46. The summed E-state index contributed by atoms with van der Waals surface area (Å²) in [5.41, 5.74) is -1.67. The number of hydrogen-bond donors (Lipinski definition) is 1. The SMILES string of the molecule is COCCOn1c(S(C)(=O)=O)c(C(C)C)c(=O)[nH]c1=O. The van der Waals surface area contributed by atoms with Crippen molar-refractivity contribution in [1.82, 2.24) is 9.71 Å². The van der Waals surface area contributed by atoms with Crippen molar-refractivity contribution >= 4 is 9.84 Å². The Morgan fingerprint density at radius 1 is 1.25 bits per heavy atom. The number of rotatable bonds is 6. The van der Waals surface area contributed by atoms with Crippen LogP contribution in [-0.4, -0.2) is 44.7 Å². The van der Waals surface area contributed by atoms with Crippen LogP contribution in [0, 0.1) is 0 Å². The van der Waals surface area contributed by atoms with Crippen molar-refractivity contribution in [2.45, 2.75) is 24.8 Å². The van der Waals surface area contributed by atoms with E-state index < -0.39 is 26.1 Å². The molecular formula is C11H18N2O6S. The first-order chi connectivity index (χ1) is 9.20. The first kappa shape index (κ1) is 16.4. The van der Waals surface area contributed by atoms with E-state index in [0.29, 0.717) is 4.73 Å². The summed E-state index contributed by atoms with van der Waals surface area (Å²) in [4.78, 5) is 30.7. The summed E-state index contributed by atoms with van der Waals surface area (Å²) >= 11 is 0. The molecule has 20 heavy (non-hydrogen) atoms. The molecule has 1 rings (SSSR count). The highest BCUT2D eigenvalue weighted by Gasteiger charge is 2.26. The van der Waals surface area contributed by atoms with Crippen molar-refractivity contribution in [3.05, 3.63) is 26.4 Å². The van der Waals surface area contributed by atoms with E-state index in [1.165, 1.54) is 7.11 Å². The summed E-state index contributed by atoms with van der Waals surface area (Å²) in [7, 11) is -2.37. The van der Waals surface area contributed by atoms with Crippen molar-refractivity contribution in [3.63, 3.8) is 0 Å². The monoisotopic (exact) mass is 306 g/mol. The van der Waals surface area contributed by atoms with Crippen LogP contribution in [0.2, 0.25) is 0 Å². The lowest BCUT2D eigenvalue weighted by Gasteiger charge is -2.16. The molecule has 0 radical (unpaired) electrons. The van der Waals surface area contributed by atoms with Gasteiger partial charge in [-0.25, -0.2) is 13.2 Å². The minimum atomic E-state index is -3.81. The molecule has 0 atom stereocenters. The van der Waals surface area contributed by atoms with Crippen LogP contribution < -0.4 is 16.1 Å². The van der Waals surface area contributed by atoms with E-state index in [2.05, 4.69) is 0 Å². The van der Waals surface area contributed by atoms with E-state index in [-0.39, 0.29) is 24.7 Å². The van der Waals surface area contributed by atoms with E-state index in [4.69, 9.17) is 9.57 Å². The molecule has 0 saturated carbocycles. The lowest BCUT2D eigenvalue weighted by atomic mass is 10.1. The number of nitrogens with zero attached hydrogens (tertiary/aromatic N) is 1. The van der Waals surface area contributed by atoms with Crippen molar-refractivity contribution in [2.24, 2.45) is 0 Å². The van der Waals surface area contributed by atoms with Gasteiger partial charge in [-0.2, -0.15) is 0 Å². The topological polar surface area (TPSA) is 107 Å². The van der Waals surface area contributed by atoms with Gasteiger partial charge in [-0.1, -0.05) is 13.8 Å². The molecule has 0 unspecified atom stereocenters. The first-order valence-electron chi connectivity index (χ1n) is 5.91. The molecule has 0 aliphatic carbocycles. The molecule has 0 saturated heterocycles. The molecule has 114 valence electrons. The maximum absolute atomic E-state index is 11.9. The highest BCUT2D eigenvalue weighted by Crippen LogP contribution is 2.18. The van der Waals surface area contributed by atoms with Crippen molar-refractivity contribution < 1.29 is 18.0 Å². The van der Waals surface area contributed by atoms with Gasteiger partial charge in [-0.05, 0) is 5.92 Å². The second kappa shape index (κ2) is 6.23. The molecule has 0 aliphatic heterocycles. The van der Waals surface area contributed by atoms with E-state index >= 15 is 0 Å². The molecule has 1 heterocycles. The average molecular weight is 306 g/mol. The third-order valence-corrected chi connectivity index (χ3v) is 3.59. The minimum absolute atomic E-state index is 0.00971. The summed E-state index contributed by atoms with van der Waals surface area (Å²) < 4.78 is 29.2. The highest BCUT2D eigenvalue weighted by molar-refractivity contribution is 7.90. The van der Waals surface area contributed by atoms with Gasteiger partial charge < -0.3 is 9.57 Å². The Labute approximate surface area is 116 Å². The number of hydrogen-bond acceptors (Lipinski definition) is 6. The number of ether oxygens (including phenoxy) is 1. The number of H-pyrrole nitrogens is 1. The molecule has 0 fully saturated rings. The van der Waals surface area contributed by atoms with Crippen molar-refractivity contribution in [2.75, 3.05) is 26.6 Å². The van der Waals surface area contributed by atoms with E-state index in [9.17, 15) is 18.0 Å². The number of nitrogens with one attached hydrogen (secondary N) is 1. The standard InChI is InChI=1S/C11H18N2O6S/c1-7(2)8-9(14)12-11(15)13(19-6-5-18-3)10(8)20(4,16)17/h7H,5-6H2,1-4H3,(H,12,14,15). The largest absolute Gasteiger partial charge is 0.406 e. The van der Waals surface area contributed by atoms with E-state index in [1.807, 2.05) is 4.98 Å². The Hall–Kier alpha value is -1.61. The fourth-order valence-electron chi connectivity index (χ4n) is 1.70. The predicted molar refractivity (Wildman–Crippen MR) is 71.8 cm³/mol. The van der Waals surface area contributed by atoms with Gasteiger partial charge >= 0.3 is 5.69 Å². The predicted octanol–water partition coefficient (Wildman–Crippen LogP) is -0.861. The van der Waals surface area contributed by atoms with E-state index in [0.717, 1.165) is 6.26 Å². The van der Waals surface area contributed by atoms with Gasteiger partial charge in [0.25, 0.3) is 5.56 Å². The smallest absolute Gasteiger partial charge is 0.362 e. The summed E-state index contributed by atoms with van der Waals surface area (Å²) in [6, 6.07) is 0. The number of methoxy groups -OCH3 is 1. The lowest BCUT2D eigenvalue weighted by molar-refractivity contribution is 0.0363. The molecule has 1 N–H and O–H groups in total. The fourth-order valence-corrected chi connectivity index (χ4v) is 2.87. The Balaban J connectivity index is 3.61. The van der Waals surface area contributed by atoms with Crippen LogP contribution >= 0.6 is 0 Å². The summed E-state index contributed by atoms with van der Waals surface area (Å²) in [5.74, 6) is -0.388. The van der Waals surface area contributed by atoms with Gasteiger partial charge in [0.05, 0.1) is 12.2 Å². The summed E-state index contributed by atoms with van der Waals surface area (Å²) in [5, 5.41) is -0.419. The Morgan fingerprint density at radius 2 is 1.85 bits per heavy atom. The van der Waals surface area contributed by atoms with Crippen LogP contribution in [0.25, 0.3) is 0 Å². The van der Waals surface area contributed by atoms with Crippen molar-refractivity contribution in [1.29, 1.82) is 0 Å². The summed E-state index contributed by atoms with van der Waals surface area (Å²) in [6.07, 6.45) is 0.920. The van der Waals surface area contributed by atoms with Gasteiger partial charge in [0, 0.05) is 13.4 Å². The molecule has 9 heteroatoms. The van der Waals surface area contributed by atoms with Gasteiger partial charge in [0.1, 0.15) is 6.61 Å². The van der Waals surface area contributed by atoms with Crippen LogP contribution in [0.3, 0.4) is 0 Å². The van der Waals surface area contributed by atoms with Gasteiger partial charge in [-0.3, -0.25) is 9.78 Å². The van der Waals surface area contributed by atoms with Crippen LogP contribution in [0.5, 0.6) is 0 Å². The van der Waals surface area contributed by atoms with Crippen LogP contribution in [0.1, 0.15) is 25.3 Å². The maximum atomic E-state index is 11.9. The fraction of sp³-hybridized carbons (Fsp3) is 0.636. The molecule has 1 aromatic heterocycles. The average Bonchev–Trinajstić information content (AvgIpc) is 2.29. The first-order valence-corrected chi connectivity index (χ1v) is 7.80. The second-order valence-electron chi connectivity index (χ2n) is 4.53. The van der Waals surface area contributed by atoms with Crippen molar-refractivity contribution in [3.8, 4) is 0 Å². The Kier molecular flexibility index (Phi) is 5.12. The molecular weight excluding hydrogens is 288 g/mol. The minimum Gasteiger partial charge on any atom is -0.406 e. The quantitative estimate of drug-likeness (QED) is 0.541. The molecule has 0 bridgehead atoms. The molecule has 1 aromatic rings. The number of sulfone groups is 1. The third-order valence-electron chi connectivity index (χ3n) is 2.50. The maximum Gasteiger partial charge on any atom is 0.362 e. The molecule has 0 aliphatic rings. The normalized spacial score (nSPS) is 11.8. The van der Waals surface area contributed by atoms with Crippen LogP contribution in [0.15, 0.2) is 14.6 Å². The van der Waals surface area contributed by atoms with Gasteiger partial charge in [0.2, 0.25) is 0 Å². The third kappa shape index (κ3) is 3.48. The second-order valence-corrected chi connectivity index (χ2v) is 6.46. The van der Waals surface area contributed by atoms with E-state index in [1.54, 1.807) is 13.8 Å². The zero-order valence-corrected chi connectivity index (χ0v) is 12.6. The molecule has 0 amide bonds. The highest BCUT2D eigenvalue weighted by atomic mass is 32.2. The zero-order valence-electron chi connectivity index (χ0n) is 11.8. The molecule has 0 aromatic carbocycles. The Morgan fingerprint density at radius 3 is 2.30 bits per heavy atom. The molecule has 0 spiro atoms. The van der Waals surface area contributed by atoms with Crippen LogP contribution in [-0.2, 0) is 14.6 Å². The number of aromatic amines is 1. The van der Waals surface area contributed by atoms with Crippen LogP contribution in [0.4, 0.5) is 0 Å². The molecule has 8 nitrogen and oxygen atoms in total. The van der Waals surface area contributed by atoms with Gasteiger partial charge in [0.15, 0.2) is 14.9 Å². The van der Waals surface area contributed by atoms with Gasteiger partial charge in [-0.15, -0.1) is 4.73 Å². The Bertz CT molecular complexity index is 686.